The van der Waals surface area contributed by atoms with E-state index in [2.05, 4.69) is 20.3 Å². The molecular formula is C16H15N5O. The van der Waals surface area contributed by atoms with E-state index in [4.69, 9.17) is 0 Å². The van der Waals surface area contributed by atoms with Gasteiger partial charge in [0.1, 0.15) is 0 Å². The van der Waals surface area contributed by atoms with Crippen LogP contribution in [0.4, 0.5) is 5.95 Å². The Morgan fingerprint density at radius 1 is 1.27 bits per heavy atom. The number of hydrogen-bond acceptors (Lipinski definition) is 4. The summed E-state index contributed by atoms with van der Waals surface area (Å²) in [6.07, 6.45) is 6.97. The van der Waals surface area contributed by atoms with E-state index >= 15 is 0 Å². The summed E-state index contributed by atoms with van der Waals surface area (Å²) in [5, 5.41) is 2.70. The molecule has 0 aliphatic carbocycles. The Balaban J connectivity index is 1.75. The number of anilines is 1. The van der Waals surface area contributed by atoms with Crippen molar-refractivity contribution in [3.63, 3.8) is 0 Å². The normalized spacial score (nSPS) is 10.4. The zero-order valence-electron chi connectivity index (χ0n) is 12.1. The summed E-state index contributed by atoms with van der Waals surface area (Å²) in [5.74, 6) is 0.0862. The van der Waals surface area contributed by atoms with Gasteiger partial charge in [-0.2, -0.15) is 0 Å². The summed E-state index contributed by atoms with van der Waals surface area (Å²) in [6, 6.07) is 9.23. The number of benzene rings is 1. The second-order valence-electron chi connectivity index (χ2n) is 4.91. The average Bonchev–Trinajstić information content (AvgIpc) is 3.00. The quantitative estimate of drug-likeness (QED) is 0.801. The number of carbonyl (C=O) groups excluding carboxylic acids is 1. The number of aromatic nitrogens is 4. The van der Waals surface area contributed by atoms with Crippen molar-refractivity contribution < 1.29 is 4.79 Å². The van der Waals surface area contributed by atoms with Crippen molar-refractivity contribution in [1.82, 2.24) is 19.5 Å². The number of nitrogens with zero attached hydrogens (tertiary/aromatic N) is 4. The van der Waals surface area contributed by atoms with Gasteiger partial charge in [-0.3, -0.25) is 10.1 Å². The standard InChI is InChI=1S/C16H15N5O/c1-12-5-6-18-16(19-12)20-15(22)14-4-2-3-13(9-14)10-21-8-7-17-11-21/h2-9,11H,10H2,1H3,(H,18,19,20,22). The lowest BCUT2D eigenvalue weighted by atomic mass is 10.1. The minimum atomic E-state index is -0.224. The Labute approximate surface area is 127 Å². The minimum absolute atomic E-state index is 0.224. The third-order valence-corrected chi connectivity index (χ3v) is 3.13. The van der Waals surface area contributed by atoms with Gasteiger partial charge in [0, 0.05) is 36.4 Å². The lowest BCUT2D eigenvalue weighted by Crippen LogP contribution is -2.14. The van der Waals surface area contributed by atoms with Crippen LogP contribution in [0.1, 0.15) is 21.6 Å². The molecule has 0 saturated carbocycles. The van der Waals surface area contributed by atoms with E-state index in [1.54, 1.807) is 30.9 Å². The number of carbonyl (C=O) groups is 1. The van der Waals surface area contributed by atoms with E-state index in [0.717, 1.165) is 11.3 Å². The van der Waals surface area contributed by atoms with Gasteiger partial charge in [-0.15, -0.1) is 0 Å². The van der Waals surface area contributed by atoms with Crippen molar-refractivity contribution in [2.75, 3.05) is 5.32 Å². The van der Waals surface area contributed by atoms with Crippen LogP contribution in [-0.4, -0.2) is 25.4 Å². The number of imidazole rings is 1. The van der Waals surface area contributed by atoms with Crippen molar-refractivity contribution >= 4 is 11.9 Å². The number of rotatable bonds is 4. The first-order valence-corrected chi connectivity index (χ1v) is 6.86. The maximum atomic E-state index is 12.3. The molecule has 0 fully saturated rings. The van der Waals surface area contributed by atoms with Gasteiger partial charge in [0.2, 0.25) is 5.95 Å². The molecule has 0 aliphatic rings. The SMILES string of the molecule is Cc1ccnc(NC(=O)c2cccc(Cn3ccnc3)c2)n1. The molecule has 0 bridgehead atoms. The zero-order valence-corrected chi connectivity index (χ0v) is 12.1. The predicted molar refractivity (Wildman–Crippen MR) is 82.5 cm³/mol. The van der Waals surface area contributed by atoms with Crippen LogP contribution in [0.2, 0.25) is 0 Å². The molecule has 1 amide bonds. The van der Waals surface area contributed by atoms with Crippen LogP contribution in [-0.2, 0) is 6.54 Å². The van der Waals surface area contributed by atoms with Crippen molar-refractivity contribution in [1.29, 1.82) is 0 Å². The third-order valence-electron chi connectivity index (χ3n) is 3.13. The van der Waals surface area contributed by atoms with Crippen LogP contribution in [0.3, 0.4) is 0 Å². The molecule has 110 valence electrons. The Hall–Kier alpha value is -3.02. The summed E-state index contributed by atoms with van der Waals surface area (Å²) < 4.78 is 1.95. The van der Waals surface area contributed by atoms with Gasteiger partial charge in [0.15, 0.2) is 0 Å². The zero-order chi connectivity index (χ0) is 15.4. The van der Waals surface area contributed by atoms with Gasteiger partial charge < -0.3 is 4.57 Å². The van der Waals surface area contributed by atoms with Crippen molar-refractivity contribution in [3.8, 4) is 0 Å². The third kappa shape index (κ3) is 3.35. The van der Waals surface area contributed by atoms with Gasteiger partial charge in [0.25, 0.3) is 5.91 Å². The minimum Gasteiger partial charge on any atom is -0.333 e. The van der Waals surface area contributed by atoms with Crippen LogP contribution in [0.15, 0.2) is 55.2 Å². The highest BCUT2D eigenvalue weighted by Gasteiger charge is 2.08. The Kier molecular flexibility index (Phi) is 3.91. The summed E-state index contributed by atoms with van der Waals surface area (Å²) >= 11 is 0. The molecule has 0 aliphatic heterocycles. The largest absolute Gasteiger partial charge is 0.333 e. The van der Waals surface area contributed by atoms with Gasteiger partial charge >= 0.3 is 0 Å². The summed E-state index contributed by atoms with van der Waals surface area (Å²) in [4.78, 5) is 24.5. The monoisotopic (exact) mass is 293 g/mol. The molecule has 1 N–H and O–H groups in total. The smallest absolute Gasteiger partial charge is 0.258 e. The number of hydrogen-bond donors (Lipinski definition) is 1. The topological polar surface area (TPSA) is 72.7 Å². The van der Waals surface area contributed by atoms with Crippen molar-refractivity contribution in [2.45, 2.75) is 13.5 Å². The molecule has 0 atom stereocenters. The first-order chi connectivity index (χ1) is 10.7. The first-order valence-electron chi connectivity index (χ1n) is 6.86. The fourth-order valence-corrected chi connectivity index (χ4v) is 2.08. The van der Waals surface area contributed by atoms with Crippen LogP contribution < -0.4 is 5.32 Å². The molecule has 2 aromatic heterocycles. The van der Waals surface area contributed by atoms with Crippen molar-refractivity contribution in [2.24, 2.45) is 0 Å². The van der Waals surface area contributed by atoms with Crippen LogP contribution in [0.25, 0.3) is 0 Å². The highest BCUT2D eigenvalue weighted by molar-refractivity contribution is 6.03. The molecule has 3 aromatic rings. The fourth-order valence-electron chi connectivity index (χ4n) is 2.08. The van der Waals surface area contributed by atoms with Crippen LogP contribution >= 0.6 is 0 Å². The van der Waals surface area contributed by atoms with E-state index in [0.29, 0.717) is 18.1 Å². The van der Waals surface area contributed by atoms with Gasteiger partial charge in [0.05, 0.1) is 6.33 Å². The first kappa shape index (κ1) is 13.9. The second kappa shape index (κ2) is 6.17. The van der Waals surface area contributed by atoms with Gasteiger partial charge in [-0.05, 0) is 30.7 Å². The molecule has 22 heavy (non-hydrogen) atoms. The molecule has 1 aromatic carbocycles. The van der Waals surface area contributed by atoms with Crippen LogP contribution in [0.5, 0.6) is 0 Å². The van der Waals surface area contributed by atoms with Crippen LogP contribution in [0, 0.1) is 6.92 Å². The summed E-state index contributed by atoms with van der Waals surface area (Å²) in [5.41, 5.74) is 2.40. The molecule has 6 nitrogen and oxygen atoms in total. The molecule has 6 heteroatoms. The van der Waals surface area contributed by atoms with Gasteiger partial charge in [-0.1, -0.05) is 12.1 Å². The number of amides is 1. The summed E-state index contributed by atoms with van der Waals surface area (Å²) in [7, 11) is 0. The maximum Gasteiger partial charge on any atom is 0.258 e. The molecular weight excluding hydrogens is 278 g/mol. The second-order valence-corrected chi connectivity index (χ2v) is 4.91. The highest BCUT2D eigenvalue weighted by atomic mass is 16.1. The van der Waals surface area contributed by atoms with E-state index in [9.17, 15) is 4.79 Å². The average molecular weight is 293 g/mol. The maximum absolute atomic E-state index is 12.3. The van der Waals surface area contributed by atoms with Crippen molar-refractivity contribution in [3.05, 3.63) is 72.1 Å². The predicted octanol–water partition coefficient (Wildman–Crippen LogP) is 2.28. The van der Waals surface area contributed by atoms with E-state index in [-0.39, 0.29) is 5.91 Å². The molecule has 0 radical (unpaired) electrons. The Morgan fingerprint density at radius 2 is 2.18 bits per heavy atom. The lowest BCUT2D eigenvalue weighted by Gasteiger charge is -2.07. The Bertz CT molecular complexity index is 783. The van der Waals surface area contributed by atoms with Gasteiger partial charge in [-0.25, -0.2) is 15.0 Å². The van der Waals surface area contributed by atoms with E-state index in [1.807, 2.05) is 35.9 Å². The molecule has 3 rings (SSSR count). The number of aryl methyl sites for hydroxylation is 1. The summed E-state index contributed by atoms with van der Waals surface area (Å²) in [6.45, 7) is 2.52. The Morgan fingerprint density at radius 3 is 2.95 bits per heavy atom. The lowest BCUT2D eigenvalue weighted by molar-refractivity contribution is 0.102. The van der Waals surface area contributed by atoms with E-state index < -0.39 is 0 Å². The molecule has 0 unspecified atom stereocenters. The molecule has 0 spiro atoms. The van der Waals surface area contributed by atoms with E-state index in [1.165, 1.54) is 0 Å². The number of nitrogens with one attached hydrogen (secondary N) is 1. The molecule has 2 heterocycles. The highest BCUT2D eigenvalue weighted by Crippen LogP contribution is 2.09. The molecule has 0 saturated heterocycles. The fraction of sp³-hybridized carbons (Fsp3) is 0.125.